The van der Waals surface area contributed by atoms with Crippen LogP contribution in [0.5, 0.6) is 0 Å². The summed E-state index contributed by atoms with van der Waals surface area (Å²) in [6, 6.07) is 4.49. The lowest BCUT2D eigenvalue weighted by molar-refractivity contribution is 0.198. The Labute approximate surface area is 113 Å². The number of hydrogen-bond donors (Lipinski definition) is 1. The van der Waals surface area contributed by atoms with Crippen LogP contribution >= 0.6 is 0 Å². The van der Waals surface area contributed by atoms with Gasteiger partial charge in [-0.2, -0.15) is 0 Å². The Kier molecular flexibility index (Phi) is 3.75. The molecule has 5 nitrogen and oxygen atoms in total. The molecule has 0 aromatic carbocycles. The van der Waals surface area contributed by atoms with Crippen molar-refractivity contribution in [3.05, 3.63) is 24.2 Å². The number of piperidine rings is 1. The number of methoxy groups -OCH3 is 1. The van der Waals surface area contributed by atoms with E-state index in [1.54, 1.807) is 7.11 Å². The molecule has 2 aromatic heterocycles. The van der Waals surface area contributed by atoms with Crippen molar-refractivity contribution in [1.82, 2.24) is 19.9 Å². The molecule has 1 fully saturated rings. The van der Waals surface area contributed by atoms with Gasteiger partial charge < -0.3 is 14.6 Å². The van der Waals surface area contributed by atoms with E-state index in [0.717, 1.165) is 49.3 Å². The first-order valence-electron chi connectivity index (χ1n) is 6.91. The fraction of sp³-hybridized carbons (Fsp3) is 0.571. The van der Waals surface area contributed by atoms with Crippen molar-refractivity contribution in [2.75, 3.05) is 26.8 Å². The Morgan fingerprint density at radius 3 is 3.05 bits per heavy atom. The first-order chi connectivity index (χ1) is 9.40. The van der Waals surface area contributed by atoms with Crippen LogP contribution < -0.4 is 5.32 Å². The topological polar surface area (TPSA) is 52.0 Å². The van der Waals surface area contributed by atoms with E-state index < -0.39 is 0 Å². The minimum absolute atomic E-state index is 0.507. The lowest BCUT2D eigenvalue weighted by atomic mass is 10.1. The van der Waals surface area contributed by atoms with Gasteiger partial charge in [0, 0.05) is 25.8 Å². The van der Waals surface area contributed by atoms with E-state index in [1.807, 2.05) is 18.3 Å². The first-order valence-corrected chi connectivity index (χ1v) is 6.91. The molecular weight excluding hydrogens is 240 g/mol. The molecule has 1 N–H and O–H groups in total. The number of hydrogen-bond acceptors (Lipinski definition) is 4. The molecule has 1 aliphatic heterocycles. The van der Waals surface area contributed by atoms with Gasteiger partial charge in [0.15, 0.2) is 5.65 Å². The van der Waals surface area contributed by atoms with Crippen LogP contribution in [-0.4, -0.2) is 41.3 Å². The van der Waals surface area contributed by atoms with E-state index in [4.69, 9.17) is 9.72 Å². The number of rotatable bonds is 4. The predicted molar refractivity (Wildman–Crippen MR) is 74.2 cm³/mol. The van der Waals surface area contributed by atoms with Crippen molar-refractivity contribution in [1.29, 1.82) is 0 Å². The number of aromatic nitrogens is 3. The highest BCUT2D eigenvalue weighted by molar-refractivity contribution is 5.71. The lowest BCUT2D eigenvalue weighted by Gasteiger charge is -2.25. The molecule has 102 valence electrons. The highest BCUT2D eigenvalue weighted by Crippen LogP contribution is 2.25. The van der Waals surface area contributed by atoms with Gasteiger partial charge in [0.05, 0.1) is 6.61 Å². The maximum atomic E-state index is 5.20. The van der Waals surface area contributed by atoms with E-state index in [1.165, 1.54) is 0 Å². The average molecular weight is 260 g/mol. The van der Waals surface area contributed by atoms with Crippen LogP contribution in [0.25, 0.3) is 11.2 Å². The maximum absolute atomic E-state index is 5.20. The average Bonchev–Trinajstić information content (AvgIpc) is 2.84. The summed E-state index contributed by atoms with van der Waals surface area (Å²) in [4.78, 5) is 9.25. The Balaban J connectivity index is 2.01. The second-order valence-electron chi connectivity index (χ2n) is 4.97. The van der Waals surface area contributed by atoms with Crippen LogP contribution in [0.1, 0.15) is 24.7 Å². The molecule has 3 rings (SSSR count). The van der Waals surface area contributed by atoms with Crippen molar-refractivity contribution in [2.45, 2.75) is 25.3 Å². The van der Waals surface area contributed by atoms with E-state index in [9.17, 15) is 0 Å². The molecule has 0 atom stereocenters. The molecular formula is C14H20N4O. The molecule has 1 saturated heterocycles. The third kappa shape index (κ3) is 2.48. The van der Waals surface area contributed by atoms with Gasteiger partial charge in [-0.25, -0.2) is 9.97 Å². The molecule has 0 amide bonds. The van der Waals surface area contributed by atoms with Crippen molar-refractivity contribution in [3.8, 4) is 0 Å². The van der Waals surface area contributed by atoms with E-state index >= 15 is 0 Å². The molecule has 19 heavy (non-hydrogen) atoms. The summed E-state index contributed by atoms with van der Waals surface area (Å²) in [5, 5.41) is 3.41. The van der Waals surface area contributed by atoms with Gasteiger partial charge in [-0.05, 0) is 38.1 Å². The van der Waals surface area contributed by atoms with Gasteiger partial charge in [0.1, 0.15) is 11.3 Å². The largest absolute Gasteiger partial charge is 0.384 e. The van der Waals surface area contributed by atoms with Crippen LogP contribution in [0.2, 0.25) is 0 Å². The summed E-state index contributed by atoms with van der Waals surface area (Å²) < 4.78 is 7.53. The van der Waals surface area contributed by atoms with Crippen molar-refractivity contribution in [3.63, 3.8) is 0 Å². The van der Waals surface area contributed by atoms with E-state index in [2.05, 4.69) is 14.9 Å². The molecule has 0 unspecified atom stereocenters. The Morgan fingerprint density at radius 1 is 1.42 bits per heavy atom. The third-order valence-corrected chi connectivity index (χ3v) is 3.73. The van der Waals surface area contributed by atoms with Gasteiger partial charge in [0.25, 0.3) is 0 Å². The zero-order chi connectivity index (χ0) is 13.1. The van der Waals surface area contributed by atoms with Crippen LogP contribution in [0.3, 0.4) is 0 Å². The molecule has 3 heterocycles. The fourth-order valence-electron chi connectivity index (χ4n) is 2.79. The quantitative estimate of drug-likeness (QED) is 0.906. The Hall–Kier alpha value is -1.46. The summed E-state index contributed by atoms with van der Waals surface area (Å²) in [6.45, 7) is 2.84. The number of nitrogens with zero attached hydrogens (tertiary/aromatic N) is 3. The van der Waals surface area contributed by atoms with Crippen LogP contribution in [0.4, 0.5) is 0 Å². The Bertz CT molecular complexity index is 545. The number of fused-ring (bicyclic) bond motifs is 1. The summed E-state index contributed by atoms with van der Waals surface area (Å²) in [5.41, 5.74) is 2.01. The summed E-state index contributed by atoms with van der Waals surface area (Å²) in [6.07, 6.45) is 4.97. The third-order valence-electron chi connectivity index (χ3n) is 3.73. The van der Waals surface area contributed by atoms with Crippen molar-refractivity contribution < 1.29 is 4.74 Å². The monoisotopic (exact) mass is 260 g/mol. The molecule has 1 aliphatic rings. The van der Waals surface area contributed by atoms with Gasteiger partial charge in [-0.15, -0.1) is 0 Å². The van der Waals surface area contributed by atoms with Gasteiger partial charge in [0.2, 0.25) is 0 Å². The molecule has 5 heteroatoms. The van der Waals surface area contributed by atoms with Gasteiger partial charge in [-0.3, -0.25) is 0 Å². The molecule has 0 aliphatic carbocycles. The fourth-order valence-corrected chi connectivity index (χ4v) is 2.79. The molecule has 0 radical (unpaired) electrons. The highest BCUT2D eigenvalue weighted by Gasteiger charge is 2.21. The minimum Gasteiger partial charge on any atom is -0.384 e. The Morgan fingerprint density at radius 2 is 2.26 bits per heavy atom. The van der Waals surface area contributed by atoms with E-state index in [-0.39, 0.29) is 0 Å². The van der Waals surface area contributed by atoms with Crippen LogP contribution in [0.15, 0.2) is 18.3 Å². The smallest absolute Gasteiger partial charge is 0.160 e. The number of ether oxygens (including phenoxy) is 1. The normalized spacial score (nSPS) is 17.1. The zero-order valence-corrected chi connectivity index (χ0v) is 11.3. The summed E-state index contributed by atoms with van der Waals surface area (Å²) in [7, 11) is 1.73. The maximum Gasteiger partial charge on any atom is 0.160 e. The number of nitrogens with one attached hydrogen (secondary N) is 1. The standard InChI is InChI=1S/C14H20N4O/c1-19-10-6-13-17-12-3-2-7-16-14(12)18(13)11-4-8-15-9-5-11/h2-3,7,11,15H,4-6,8-10H2,1H3. The number of imidazole rings is 1. The second-order valence-corrected chi connectivity index (χ2v) is 4.97. The minimum atomic E-state index is 0.507. The summed E-state index contributed by atoms with van der Waals surface area (Å²) >= 11 is 0. The zero-order valence-electron chi connectivity index (χ0n) is 11.3. The molecule has 0 bridgehead atoms. The number of pyridine rings is 1. The van der Waals surface area contributed by atoms with Crippen LogP contribution in [0, 0.1) is 0 Å². The van der Waals surface area contributed by atoms with Crippen molar-refractivity contribution in [2.24, 2.45) is 0 Å². The first kappa shape index (κ1) is 12.6. The molecule has 0 saturated carbocycles. The van der Waals surface area contributed by atoms with Crippen LogP contribution in [-0.2, 0) is 11.2 Å². The lowest BCUT2D eigenvalue weighted by Crippen LogP contribution is -2.30. The van der Waals surface area contributed by atoms with Gasteiger partial charge >= 0.3 is 0 Å². The SMILES string of the molecule is COCCc1nc2cccnc2n1C1CCNCC1. The predicted octanol–water partition coefficient (Wildman–Crippen LogP) is 1.54. The highest BCUT2D eigenvalue weighted by atomic mass is 16.5. The van der Waals surface area contributed by atoms with Gasteiger partial charge in [-0.1, -0.05) is 0 Å². The summed E-state index contributed by atoms with van der Waals surface area (Å²) in [5.74, 6) is 1.10. The van der Waals surface area contributed by atoms with Crippen molar-refractivity contribution >= 4 is 11.2 Å². The molecule has 2 aromatic rings. The van der Waals surface area contributed by atoms with E-state index in [0.29, 0.717) is 12.6 Å². The second kappa shape index (κ2) is 5.67. The molecule has 0 spiro atoms.